The van der Waals surface area contributed by atoms with Crippen LogP contribution in [0.1, 0.15) is 38.1 Å². The molecule has 2 rings (SSSR count). The summed E-state index contributed by atoms with van der Waals surface area (Å²) in [5, 5.41) is 0. The van der Waals surface area contributed by atoms with Gasteiger partial charge in [0.2, 0.25) is 12.4 Å². The van der Waals surface area contributed by atoms with Crippen LogP contribution in [-0.2, 0) is 47.6 Å². The van der Waals surface area contributed by atoms with Gasteiger partial charge < -0.3 is 28.4 Å². The van der Waals surface area contributed by atoms with Gasteiger partial charge in [-0.2, -0.15) is 0 Å². The van der Waals surface area contributed by atoms with Gasteiger partial charge in [-0.05, 0) is 12.1 Å². The first kappa shape index (κ1) is 24.8. The normalized spacial score (nSPS) is 24.6. The minimum absolute atomic E-state index is 0.181. The molecule has 11 nitrogen and oxygen atoms in total. The molecule has 32 heavy (non-hydrogen) atoms. The fourth-order valence-corrected chi connectivity index (χ4v) is 3.03. The summed E-state index contributed by atoms with van der Waals surface area (Å²) in [6, 6.07) is 7.92. The van der Waals surface area contributed by atoms with Crippen molar-refractivity contribution in [3.8, 4) is 0 Å². The maximum absolute atomic E-state index is 12.6. The van der Waals surface area contributed by atoms with Gasteiger partial charge in [-0.1, -0.05) is 18.2 Å². The third-order valence-electron chi connectivity index (χ3n) is 4.18. The van der Waals surface area contributed by atoms with Crippen molar-refractivity contribution in [3.05, 3.63) is 35.9 Å². The molecule has 174 valence electrons. The highest BCUT2D eigenvalue weighted by molar-refractivity contribution is 5.89. The van der Waals surface area contributed by atoms with E-state index in [0.717, 1.165) is 27.7 Å². The zero-order valence-electron chi connectivity index (χ0n) is 18.0. The van der Waals surface area contributed by atoms with Gasteiger partial charge in [-0.15, -0.1) is 0 Å². The smallest absolute Gasteiger partial charge is 0.340 e. The highest BCUT2D eigenvalue weighted by atomic mass is 16.7. The van der Waals surface area contributed by atoms with Gasteiger partial charge in [0.05, 0.1) is 5.56 Å². The largest absolute Gasteiger partial charge is 0.463 e. The van der Waals surface area contributed by atoms with E-state index in [4.69, 9.17) is 28.4 Å². The van der Waals surface area contributed by atoms with Crippen LogP contribution in [0.15, 0.2) is 30.3 Å². The minimum Gasteiger partial charge on any atom is -0.463 e. The quantitative estimate of drug-likeness (QED) is 0.431. The predicted molar refractivity (Wildman–Crippen MR) is 104 cm³/mol. The molecule has 0 aliphatic carbocycles. The molecule has 1 saturated heterocycles. The van der Waals surface area contributed by atoms with Crippen LogP contribution >= 0.6 is 0 Å². The van der Waals surface area contributed by atoms with Crippen LogP contribution in [0.25, 0.3) is 0 Å². The van der Waals surface area contributed by atoms with Gasteiger partial charge in [-0.3, -0.25) is 19.2 Å². The fraction of sp³-hybridized carbons (Fsp3) is 0.476. The molecule has 0 bridgehead atoms. The molecule has 0 saturated carbocycles. The van der Waals surface area contributed by atoms with E-state index in [1.165, 1.54) is 12.1 Å². The van der Waals surface area contributed by atoms with Crippen molar-refractivity contribution in [3.63, 3.8) is 0 Å². The van der Waals surface area contributed by atoms with Crippen LogP contribution in [0.4, 0.5) is 0 Å². The van der Waals surface area contributed by atoms with E-state index >= 15 is 0 Å². The van der Waals surface area contributed by atoms with E-state index in [0.29, 0.717) is 0 Å². The van der Waals surface area contributed by atoms with Gasteiger partial charge in [0.15, 0.2) is 12.2 Å². The second kappa shape index (κ2) is 11.2. The molecule has 0 amide bonds. The molecule has 1 aliphatic rings. The number of carbonyl (C=O) groups excluding carboxylic acids is 5. The van der Waals surface area contributed by atoms with E-state index in [9.17, 15) is 24.0 Å². The number of hydrogen-bond donors (Lipinski definition) is 0. The third-order valence-corrected chi connectivity index (χ3v) is 4.18. The number of ether oxygens (including phenoxy) is 6. The van der Waals surface area contributed by atoms with Gasteiger partial charge in [0.25, 0.3) is 0 Å². The summed E-state index contributed by atoms with van der Waals surface area (Å²) in [6.07, 6.45) is -6.98. The zero-order valence-corrected chi connectivity index (χ0v) is 18.0. The summed E-state index contributed by atoms with van der Waals surface area (Å²) in [6.45, 7) is 4.03. The maximum atomic E-state index is 12.6. The van der Waals surface area contributed by atoms with Crippen LogP contribution in [-0.4, -0.2) is 67.2 Å². The minimum atomic E-state index is -1.57. The standard InChI is InChI=1S/C21H24O11/c1-11(22)27-10-16-17(28-12(2)23)18(29-13(3)24)19(30-14(4)25)21(31-16)32-20(26)15-8-6-5-7-9-15/h5-9,16-19,21H,10H2,1-4H3/t16-,17-,18+,19-,21?/m1/s1. The molecule has 1 aromatic rings. The summed E-state index contributed by atoms with van der Waals surface area (Å²) in [4.78, 5) is 59.1. The molecule has 1 aromatic carbocycles. The molecule has 1 aliphatic heterocycles. The second-order valence-corrected chi connectivity index (χ2v) is 6.84. The molecule has 1 heterocycles. The summed E-state index contributed by atoms with van der Waals surface area (Å²) in [7, 11) is 0. The Bertz CT molecular complexity index is 851. The zero-order chi connectivity index (χ0) is 23.8. The van der Waals surface area contributed by atoms with Crippen molar-refractivity contribution in [1.29, 1.82) is 0 Å². The Labute approximate surface area is 183 Å². The fourth-order valence-electron chi connectivity index (χ4n) is 3.03. The lowest BCUT2D eigenvalue weighted by Crippen LogP contribution is -2.63. The molecule has 11 heteroatoms. The topological polar surface area (TPSA) is 141 Å². The van der Waals surface area contributed by atoms with E-state index in [1.54, 1.807) is 18.2 Å². The van der Waals surface area contributed by atoms with Gasteiger partial charge in [0, 0.05) is 27.7 Å². The van der Waals surface area contributed by atoms with Crippen LogP contribution < -0.4 is 0 Å². The average molecular weight is 452 g/mol. The van der Waals surface area contributed by atoms with Crippen LogP contribution in [0.3, 0.4) is 0 Å². The Hall–Kier alpha value is -3.47. The predicted octanol–water partition coefficient (Wildman–Crippen LogP) is 0.926. The molecule has 0 spiro atoms. The Kier molecular flexibility index (Phi) is 8.71. The van der Waals surface area contributed by atoms with E-state index in [1.807, 2.05) is 0 Å². The van der Waals surface area contributed by atoms with E-state index in [-0.39, 0.29) is 5.56 Å². The lowest BCUT2D eigenvalue weighted by molar-refractivity contribution is -0.294. The lowest BCUT2D eigenvalue weighted by Gasteiger charge is -2.43. The molecule has 1 fully saturated rings. The van der Waals surface area contributed by atoms with Crippen LogP contribution in [0.5, 0.6) is 0 Å². The summed E-state index contributed by atoms with van der Waals surface area (Å²) in [5.41, 5.74) is 0.181. The second-order valence-electron chi connectivity index (χ2n) is 6.84. The van der Waals surface area contributed by atoms with Crippen molar-refractivity contribution in [2.45, 2.75) is 58.4 Å². The summed E-state index contributed by atoms with van der Waals surface area (Å²) in [5.74, 6) is -3.81. The Morgan fingerprint density at radius 3 is 1.78 bits per heavy atom. The molecule has 1 unspecified atom stereocenters. The average Bonchev–Trinajstić information content (AvgIpc) is 2.70. The maximum Gasteiger partial charge on any atom is 0.340 e. The van der Waals surface area contributed by atoms with Crippen molar-refractivity contribution in [2.75, 3.05) is 6.61 Å². The Morgan fingerprint density at radius 2 is 1.25 bits per heavy atom. The molecule has 5 atom stereocenters. The first-order chi connectivity index (χ1) is 15.1. The molecular weight excluding hydrogens is 428 g/mol. The summed E-state index contributed by atoms with van der Waals surface area (Å²) < 4.78 is 31.8. The lowest BCUT2D eigenvalue weighted by atomic mass is 9.98. The van der Waals surface area contributed by atoms with Crippen molar-refractivity contribution in [1.82, 2.24) is 0 Å². The third kappa shape index (κ3) is 7.05. The van der Waals surface area contributed by atoms with Crippen molar-refractivity contribution < 1.29 is 52.4 Å². The van der Waals surface area contributed by atoms with E-state index in [2.05, 4.69) is 0 Å². The number of carbonyl (C=O) groups is 5. The van der Waals surface area contributed by atoms with Crippen molar-refractivity contribution in [2.24, 2.45) is 0 Å². The first-order valence-corrected chi connectivity index (χ1v) is 9.65. The Balaban J connectivity index is 2.42. The van der Waals surface area contributed by atoms with E-state index < -0.39 is 67.2 Å². The molecule has 0 N–H and O–H groups in total. The molecular formula is C21H24O11. The van der Waals surface area contributed by atoms with Crippen LogP contribution in [0, 0.1) is 0 Å². The van der Waals surface area contributed by atoms with Gasteiger partial charge >= 0.3 is 29.8 Å². The monoisotopic (exact) mass is 452 g/mol. The number of hydrogen-bond acceptors (Lipinski definition) is 11. The number of rotatable bonds is 7. The highest BCUT2D eigenvalue weighted by Crippen LogP contribution is 2.30. The van der Waals surface area contributed by atoms with Gasteiger partial charge in [-0.25, -0.2) is 4.79 Å². The van der Waals surface area contributed by atoms with Crippen LogP contribution in [0.2, 0.25) is 0 Å². The number of esters is 5. The summed E-state index contributed by atoms with van der Waals surface area (Å²) >= 11 is 0. The molecule has 0 aromatic heterocycles. The van der Waals surface area contributed by atoms with Crippen molar-refractivity contribution >= 4 is 29.8 Å². The number of benzene rings is 1. The SMILES string of the molecule is CC(=O)OC[C@H]1OC(OC(=O)c2ccccc2)[C@H](OC(C)=O)[C@@H](OC(C)=O)[C@@H]1OC(C)=O. The first-order valence-electron chi connectivity index (χ1n) is 9.65. The Morgan fingerprint density at radius 1 is 0.719 bits per heavy atom. The molecule has 0 radical (unpaired) electrons. The van der Waals surface area contributed by atoms with Gasteiger partial charge in [0.1, 0.15) is 12.7 Å². The highest BCUT2D eigenvalue weighted by Gasteiger charge is 2.53.